The van der Waals surface area contributed by atoms with Crippen LogP contribution in [0.4, 0.5) is 16.3 Å². The fourth-order valence-electron chi connectivity index (χ4n) is 2.60. The molecule has 1 aromatic heterocycles. The van der Waals surface area contributed by atoms with Gasteiger partial charge in [-0.15, -0.1) is 0 Å². The van der Waals surface area contributed by atoms with Crippen LogP contribution in [-0.4, -0.2) is 34.9 Å². The number of aryl methyl sites for hydroxylation is 1. The second-order valence-corrected chi connectivity index (χ2v) is 5.82. The van der Waals surface area contributed by atoms with Crippen LogP contribution in [0.1, 0.15) is 6.42 Å². The maximum atomic E-state index is 12.0. The number of anilines is 2. The van der Waals surface area contributed by atoms with Crippen LogP contribution >= 0.6 is 11.6 Å². The van der Waals surface area contributed by atoms with E-state index in [-0.39, 0.29) is 12.1 Å². The van der Waals surface area contributed by atoms with E-state index in [0.29, 0.717) is 5.82 Å². The fourth-order valence-corrected chi connectivity index (χ4v) is 2.79. The van der Waals surface area contributed by atoms with Crippen molar-refractivity contribution in [2.45, 2.75) is 12.5 Å². The van der Waals surface area contributed by atoms with Crippen molar-refractivity contribution in [1.82, 2.24) is 15.1 Å². The average molecular weight is 320 g/mol. The number of aromatic nitrogens is 2. The van der Waals surface area contributed by atoms with Crippen LogP contribution in [0.3, 0.4) is 0 Å². The second-order valence-electron chi connectivity index (χ2n) is 5.38. The first-order valence-corrected chi connectivity index (χ1v) is 7.55. The minimum absolute atomic E-state index is 0.114. The number of rotatable bonds is 3. The first-order chi connectivity index (χ1) is 10.6. The molecule has 116 valence electrons. The van der Waals surface area contributed by atoms with Crippen molar-refractivity contribution in [1.29, 1.82) is 0 Å². The smallest absolute Gasteiger partial charge is 0.320 e. The van der Waals surface area contributed by atoms with Crippen LogP contribution in [0.2, 0.25) is 5.02 Å². The molecule has 2 heterocycles. The first kappa shape index (κ1) is 14.7. The number of halogens is 1. The molecule has 1 aliphatic heterocycles. The van der Waals surface area contributed by atoms with Gasteiger partial charge in [-0.05, 0) is 24.6 Å². The Morgan fingerprint density at radius 1 is 1.41 bits per heavy atom. The first-order valence-electron chi connectivity index (χ1n) is 7.18. The van der Waals surface area contributed by atoms with Gasteiger partial charge in [0, 0.05) is 49.2 Å². The zero-order chi connectivity index (χ0) is 15.5. The Morgan fingerprint density at radius 3 is 3.00 bits per heavy atom. The molecule has 1 fully saturated rings. The highest BCUT2D eigenvalue weighted by molar-refractivity contribution is 6.30. The summed E-state index contributed by atoms with van der Waals surface area (Å²) in [6.07, 6.45) is 2.69. The lowest BCUT2D eigenvalue weighted by molar-refractivity contribution is 0.249. The molecular formula is C15H18ClN5O. The third-order valence-corrected chi connectivity index (χ3v) is 3.89. The number of nitrogens with zero attached hydrogens (tertiary/aromatic N) is 3. The van der Waals surface area contributed by atoms with Crippen molar-refractivity contribution >= 4 is 29.1 Å². The van der Waals surface area contributed by atoms with Crippen LogP contribution < -0.4 is 15.5 Å². The second kappa shape index (κ2) is 6.27. The van der Waals surface area contributed by atoms with Gasteiger partial charge in [-0.25, -0.2) is 4.79 Å². The minimum atomic E-state index is -0.225. The van der Waals surface area contributed by atoms with Crippen LogP contribution in [-0.2, 0) is 7.05 Å². The lowest BCUT2D eigenvalue weighted by Crippen LogP contribution is -2.39. The number of urea groups is 1. The van der Waals surface area contributed by atoms with Gasteiger partial charge in [-0.3, -0.25) is 10.00 Å². The summed E-state index contributed by atoms with van der Waals surface area (Å²) in [6, 6.07) is 9.41. The van der Waals surface area contributed by atoms with Gasteiger partial charge in [-0.1, -0.05) is 17.7 Å². The Bertz CT molecular complexity index is 671. The summed E-state index contributed by atoms with van der Waals surface area (Å²) in [7, 11) is 1.81. The number of carbonyl (C=O) groups is 1. The zero-order valence-corrected chi connectivity index (χ0v) is 13.0. The fraction of sp³-hybridized carbons (Fsp3) is 0.333. The van der Waals surface area contributed by atoms with Gasteiger partial charge in [0.25, 0.3) is 0 Å². The van der Waals surface area contributed by atoms with Crippen molar-refractivity contribution in [2.75, 3.05) is 23.3 Å². The van der Waals surface area contributed by atoms with Crippen LogP contribution in [0.25, 0.3) is 0 Å². The summed E-state index contributed by atoms with van der Waals surface area (Å²) in [5.41, 5.74) is 1.09. The molecule has 1 saturated heterocycles. The molecule has 22 heavy (non-hydrogen) atoms. The summed E-state index contributed by atoms with van der Waals surface area (Å²) in [5, 5.41) is 10.5. The molecule has 0 bridgehead atoms. The van der Waals surface area contributed by atoms with E-state index < -0.39 is 0 Å². The monoisotopic (exact) mass is 319 g/mol. The van der Waals surface area contributed by atoms with Crippen LogP contribution in [0.5, 0.6) is 0 Å². The maximum Gasteiger partial charge on any atom is 0.320 e. The molecule has 0 aliphatic carbocycles. The Balaban J connectivity index is 1.53. The Morgan fingerprint density at radius 2 is 2.27 bits per heavy atom. The number of amides is 2. The van der Waals surface area contributed by atoms with Crippen LogP contribution in [0.15, 0.2) is 36.5 Å². The number of hydrogen-bond acceptors (Lipinski definition) is 3. The summed E-state index contributed by atoms with van der Waals surface area (Å²) >= 11 is 6.02. The minimum Gasteiger partial charge on any atom is -0.369 e. The summed E-state index contributed by atoms with van der Waals surface area (Å²) in [6.45, 7) is 1.67. The van der Waals surface area contributed by atoms with Gasteiger partial charge < -0.3 is 10.2 Å². The predicted octanol–water partition coefficient (Wildman–Crippen LogP) is 2.47. The van der Waals surface area contributed by atoms with E-state index in [0.717, 1.165) is 30.2 Å². The normalized spacial score (nSPS) is 17.5. The molecular weight excluding hydrogens is 302 g/mol. The molecule has 0 saturated carbocycles. The van der Waals surface area contributed by atoms with Crippen molar-refractivity contribution < 1.29 is 4.79 Å². The zero-order valence-electron chi connectivity index (χ0n) is 12.3. The van der Waals surface area contributed by atoms with Crippen molar-refractivity contribution in [3.8, 4) is 0 Å². The van der Waals surface area contributed by atoms with E-state index in [1.807, 2.05) is 31.3 Å². The van der Waals surface area contributed by atoms with E-state index in [9.17, 15) is 4.79 Å². The molecule has 2 aromatic rings. The van der Waals surface area contributed by atoms with Gasteiger partial charge in [0.2, 0.25) is 0 Å². The molecule has 0 spiro atoms. The molecule has 1 aromatic carbocycles. The Labute approximate surface area is 134 Å². The molecule has 7 heteroatoms. The highest BCUT2D eigenvalue weighted by atomic mass is 35.5. The maximum absolute atomic E-state index is 12.0. The van der Waals surface area contributed by atoms with E-state index >= 15 is 0 Å². The highest BCUT2D eigenvalue weighted by Crippen LogP contribution is 2.23. The number of hydrogen-bond donors (Lipinski definition) is 2. The third kappa shape index (κ3) is 3.51. The van der Waals surface area contributed by atoms with Gasteiger partial charge in [0.1, 0.15) is 0 Å². The van der Waals surface area contributed by atoms with Crippen molar-refractivity contribution in [3.05, 3.63) is 41.6 Å². The lowest BCUT2D eigenvalue weighted by Gasteiger charge is -2.19. The molecule has 1 atom stereocenters. The number of benzene rings is 1. The van der Waals surface area contributed by atoms with E-state index in [2.05, 4.69) is 20.6 Å². The molecule has 0 radical (unpaired) electrons. The lowest BCUT2D eigenvalue weighted by atomic mass is 10.3. The van der Waals surface area contributed by atoms with Crippen LogP contribution in [0, 0.1) is 0 Å². The van der Waals surface area contributed by atoms with Gasteiger partial charge in [-0.2, -0.15) is 5.10 Å². The van der Waals surface area contributed by atoms with Crippen molar-refractivity contribution in [3.63, 3.8) is 0 Å². The Kier molecular flexibility index (Phi) is 4.20. The van der Waals surface area contributed by atoms with E-state index in [1.54, 1.807) is 16.9 Å². The SMILES string of the molecule is Cn1ccc(NC(=O)NC2CCN(c3cccc(Cl)c3)C2)n1. The average Bonchev–Trinajstić information content (AvgIpc) is 3.08. The summed E-state index contributed by atoms with van der Waals surface area (Å²) in [4.78, 5) is 14.2. The quantitative estimate of drug-likeness (QED) is 0.913. The van der Waals surface area contributed by atoms with Gasteiger partial charge in [0.05, 0.1) is 0 Å². The van der Waals surface area contributed by atoms with Gasteiger partial charge in [0.15, 0.2) is 5.82 Å². The highest BCUT2D eigenvalue weighted by Gasteiger charge is 2.24. The van der Waals surface area contributed by atoms with Gasteiger partial charge >= 0.3 is 6.03 Å². The van der Waals surface area contributed by atoms with E-state index in [4.69, 9.17) is 11.6 Å². The van der Waals surface area contributed by atoms with Crippen molar-refractivity contribution in [2.24, 2.45) is 7.05 Å². The molecule has 2 N–H and O–H groups in total. The molecule has 6 nitrogen and oxygen atoms in total. The third-order valence-electron chi connectivity index (χ3n) is 3.65. The predicted molar refractivity (Wildman–Crippen MR) is 87.4 cm³/mol. The van der Waals surface area contributed by atoms with E-state index in [1.165, 1.54) is 0 Å². The Hall–Kier alpha value is -2.21. The largest absolute Gasteiger partial charge is 0.369 e. The molecule has 1 unspecified atom stereocenters. The molecule has 1 aliphatic rings. The molecule has 3 rings (SSSR count). The molecule has 2 amide bonds. The summed E-state index contributed by atoms with van der Waals surface area (Å²) in [5.74, 6) is 0.546. The topological polar surface area (TPSA) is 62.2 Å². The number of nitrogens with one attached hydrogen (secondary N) is 2. The number of carbonyl (C=O) groups excluding carboxylic acids is 1. The summed E-state index contributed by atoms with van der Waals surface area (Å²) < 4.78 is 1.64. The standard InChI is InChI=1S/C15H18ClN5O/c1-20-7-6-14(19-20)18-15(22)17-12-5-8-21(10-12)13-4-2-3-11(16)9-13/h2-4,6-7,9,12H,5,8,10H2,1H3,(H2,17,18,19,22).